The number of benzene rings is 2. The largest absolute Gasteiger partial charge is 0.426 e. The molecule has 1 aromatic heterocycles. The minimum atomic E-state index is -0.731. The van der Waals surface area contributed by atoms with Gasteiger partial charge in [-0.3, -0.25) is 0 Å². The molecule has 0 aliphatic heterocycles. The van der Waals surface area contributed by atoms with Crippen molar-refractivity contribution >= 4 is 22.5 Å². The third-order valence-corrected chi connectivity index (χ3v) is 3.03. The lowest BCUT2D eigenvalue weighted by Crippen LogP contribution is -2.23. The van der Waals surface area contributed by atoms with Crippen molar-refractivity contribution in [3.8, 4) is 5.69 Å². The summed E-state index contributed by atoms with van der Waals surface area (Å²) in [5, 5.41) is 0.759. The zero-order chi connectivity index (χ0) is 13.4. The van der Waals surface area contributed by atoms with Crippen LogP contribution < -0.4 is 11.4 Å². The van der Waals surface area contributed by atoms with Crippen LogP contribution in [0.4, 0.5) is 0 Å². The van der Waals surface area contributed by atoms with E-state index in [0.29, 0.717) is 21.6 Å². The fraction of sp³-hybridized carbons (Fsp3) is 0. The van der Waals surface area contributed by atoms with E-state index in [1.54, 1.807) is 42.5 Å². The minimum Gasteiger partial charge on any atom is -0.372 e. The molecule has 0 N–H and O–H groups in total. The zero-order valence-electron chi connectivity index (χ0n) is 9.67. The highest BCUT2D eigenvalue weighted by Gasteiger charge is 2.11. The van der Waals surface area contributed by atoms with Crippen LogP contribution in [0.15, 0.2) is 62.5 Å². The van der Waals surface area contributed by atoms with Gasteiger partial charge in [-0.05, 0) is 30.3 Å². The van der Waals surface area contributed by atoms with Gasteiger partial charge in [-0.15, -0.1) is 0 Å². The molecule has 0 aliphatic carbocycles. The molecule has 2 aromatic carbocycles. The number of fused-ring (bicyclic) bond motifs is 1. The van der Waals surface area contributed by atoms with Gasteiger partial charge in [0.05, 0.1) is 16.6 Å². The van der Waals surface area contributed by atoms with Gasteiger partial charge in [0.25, 0.3) is 0 Å². The standard InChI is InChI=1S/C14H8ClNO3/c15-9-6-7-11-12(8-9)16(14(18)19-13(11)17)10-4-2-1-3-5-10/h1-8H. The average Bonchev–Trinajstić information content (AvgIpc) is 2.39. The number of halogens is 1. The third-order valence-electron chi connectivity index (χ3n) is 2.80. The van der Waals surface area contributed by atoms with Crippen molar-refractivity contribution in [2.75, 3.05) is 0 Å². The molecule has 0 saturated heterocycles. The summed E-state index contributed by atoms with van der Waals surface area (Å²) in [6.45, 7) is 0. The second-order valence-corrected chi connectivity index (χ2v) is 4.42. The van der Waals surface area contributed by atoms with Crippen LogP contribution in [0.3, 0.4) is 0 Å². The van der Waals surface area contributed by atoms with E-state index in [1.165, 1.54) is 4.57 Å². The first-order valence-electron chi connectivity index (χ1n) is 5.58. The van der Waals surface area contributed by atoms with Crippen molar-refractivity contribution in [2.24, 2.45) is 0 Å². The van der Waals surface area contributed by atoms with Gasteiger partial charge >= 0.3 is 11.4 Å². The van der Waals surface area contributed by atoms with E-state index in [9.17, 15) is 9.59 Å². The predicted molar refractivity (Wildman–Crippen MR) is 73.1 cm³/mol. The van der Waals surface area contributed by atoms with Crippen molar-refractivity contribution in [2.45, 2.75) is 0 Å². The summed E-state index contributed by atoms with van der Waals surface area (Å²) >= 11 is 5.93. The van der Waals surface area contributed by atoms with E-state index < -0.39 is 11.4 Å². The fourth-order valence-corrected chi connectivity index (χ4v) is 2.13. The molecule has 19 heavy (non-hydrogen) atoms. The Bertz CT molecular complexity index is 865. The van der Waals surface area contributed by atoms with Gasteiger partial charge in [0.1, 0.15) is 0 Å². The van der Waals surface area contributed by atoms with Crippen molar-refractivity contribution in [3.05, 3.63) is 74.5 Å². The molecule has 0 unspecified atom stereocenters. The maximum Gasteiger partial charge on any atom is 0.426 e. The molecular formula is C14H8ClNO3. The Morgan fingerprint density at radius 1 is 1.00 bits per heavy atom. The van der Waals surface area contributed by atoms with Gasteiger partial charge in [0.2, 0.25) is 0 Å². The van der Waals surface area contributed by atoms with Crippen LogP contribution >= 0.6 is 11.6 Å². The molecule has 1 heterocycles. The summed E-state index contributed by atoms with van der Waals surface area (Å²) in [5.74, 6) is -0.731. The lowest BCUT2D eigenvalue weighted by atomic mass is 10.2. The number of hydrogen-bond acceptors (Lipinski definition) is 3. The molecular weight excluding hydrogens is 266 g/mol. The monoisotopic (exact) mass is 273 g/mol. The first-order chi connectivity index (χ1) is 9.16. The molecule has 0 radical (unpaired) electrons. The number of hydrogen-bond donors (Lipinski definition) is 0. The second kappa shape index (κ2) is 4.40. The van der Waals surface area contributed by atoms with Gasteiger partial charge < -0.3 is 4.42 Å². The first kappa shape index (κ1) is 11.7. The maximum atomic E-state index is 11.9. The number of nitrogens with zero attached hydrogens (tertiary/aromatic N) is 1. The second-order valence-electron chi connectivity index (χ2n) is 3.99. The SMILES string of the molecule is O=c1oc(=O)n(-c2ccccc2)c2cc(Cl)ccc12. The van der Waals surface area contributed by atoms with Crippen LogP contribution in [-0.4, -0.2) is 4.57 Å². The van der Waals surface area contributed by atoms with Crippen molar-refractivity contribution < 1.29 is 4.42 Å². The Kier molecular flexibility index (Phi) is 2.72. The molecule has 5 heteroatoms. The topological polar surface area (TPSA) is 52.2 Å². The molecule has 3 aromatic rings. The van der Waals surface area contributed by atoms with E-state index in [0.717, 1.165) is 0 Å². The molecule has 3 rings (SSSR count). The highest BCUT2D eigenvalue weighted by molar-refractivity contribution is 6.31. The van der Waals surface area contributed by atoms with Crippen LogP contribution in [-0.2, 0) is 0 Å². The number of aromatic nitrogens is 1. The van der Waals surface area contributed by atoms with Crippen LogP contribution in [0, 0.1) is 0 Å². The molecule has 4 nitrogen and oxygen atoms in total. The third kappa shape index (κ3) is 1.96. The fourth-order valence-electron chi connectivity index (χ4n) is 1.96. The molecule has 0 fully saturated rings. The Morgan fingerprint density at radius 3 is 2.47 bits per heavy atom. The van der Waals surface area contributed by atoms with Crippen LogP contribution in [0.5, 0.6) is 0 Å². The van der Waals surface area contributed by atoms with E-state index in [4.69, 9.17) is 16.0 Å². The van der Waals surface area contributed by atoms with E-state index in [1.807, 2.05) is 6.07 Å². The Morgan fingerprint density at radius 2 is 1.74 bits per heavy atom. The van der Waals surface area contributed by atoms with E-state index in [2.05, 4.69) is 0 Å². The Hall–Kier alpha value is -2.33. The summed E-state index contributed by atoms with van der Waals surface area (Å²) in [4.78, 5) is 23.6. The smallest absolute Gasteiger partial charge is 0.372 e. The van der Waals surface area contributed by atoms with Crippen LogP contribution in [0.1, 0.15) is 0 Å². The summed E-state index contributed by atoms with van der Waals surface area (Å²) in [7, 11) is 0. The lowest BCUT2D eigenvalue weighted by Gasteiger charge is -2.08. The van der Waals surface area contributed by atoms with Crippen LogP contribution in [0.25, 0.3) is 16.6 Å². The van der Waals surface area contributed by atoms with Gasteiger partial charge in [-0.2, -0.15) is 0 Å². The van der Waals surface area contributed by atoms with Crippen LogP contribution in [0.2, 0.25) is 5.02 Å². The molecule has 0 saturated carbocycles. The summed E-state index contributed by atoms with van der Waals surface area (Å²) in [6, 6.07) is 13.6. The van der Waals surface area contributed by atoms with Gasteiger partial charge in [-0.25, -0.2) is 14.2 Å². The Labute approximate surface area is 112 Å². The highest BCUT2D eigenvalue weighted by atomic mass is 35.5. The molecule has 94 valence electrons. The maximum absolute atomic E-state index is 11.9. The minimum absolute atomic E-state index is 0.313. The normalized spacial score (nSPS) is 10.8. The Balaban J connectivity index is 2.51. The van der Waals surface area contributed by atoms with Crippen molar-refractivity contribution in [3.63, 3.8) is 0 Å². The summed E-state index contributed by atoms with van der Waals surface area (Å²) in [6.07, 6.45) is 0. The summed E-state index contributed by atoms with van der Waals surface area (Å²) in [5.41, 5.74) is 0.382. The number of para-hydroxylation sites is 1. The van der Waals surface area contributed by atoms with Crippen molar-refractivity contribution in [1.82, 2.24) is 4.57 Å². The van der Waals surface area contributed by atoms with E-state index in [-0.39, 0.29) is 0 Å². The zero-order valence-corrected chi connectivity index (χ0v) is 10.4. The number of rotatable bonds is 1. The van der Waals surface area contributed by atoms with E-state index >= 15 is 0 Å². The molecule has 0 bridgehead atoms. The quantitative estimate of drug-likeness (QED) is 0.685. The molecule has 0 amide bonds. The predicted octanol–water partition coefficient (Wildman–Crippen LogP) is 2.60. The summed E-state index contributed by atoms with van der Waals surface area (Å²) < 4.78 is 6.05. The van der Waals surface area contributed by atoms with Gasteiger partial charge in [-0.1, -0.05) is 29.8 Å². The van der Waals surface area contributed by atoms with Crippen molar-refractivity contribution in [1.29, 1.82) is 0 Å². The molecule has 0 spiro atoms. The average molecular weight is 274 g/mol. The molecule has 0 aliphatic rings. The first-order valence-corrected chi connectivity index (χ1v) is 5.95. The van der Waals surface area contributed by atoms with Gasteiger partial charge in [0, 0.05) is 5.02 Å². The highest BCUT2D eigenvalue weighted by Crippen LogP contribution is 2.18. The van der Waals surface area contributed by atoms with Gasteiger partial charge in [0.15, 0.2) is 0 Å². The lowest BCUT2D eigenvalue weighted by molar-refractivity contribution is 0.444. The molecule has 0 atom stereocenters.